The summed E-state index contributed by atoms with van der Waals surface area (Å²) in [5, 5.41) is 32.7. The van der Waals surface area contributed by atoms with E-state index in [1.807, 2.05) is 0 Å². The standard InChI is InChI=1S/C16H13N3O4/c20-16(21)11-5-7-13(8-6-11)18-10-12(9-17-18)14-3-1-2-4-15(14)19(22)23/h1-10,19,22H,(H,20,21). The summed E-state index contributed by atoms with van der Waals surface area (Å²) in [7, 11) is 0. The Labute approximate surface area is 131 Å². The Morgan fingerprint density at radius 1 is 1.13 bits per heavy atom. The Balaban J connectivity index is 1.96. The van der Waals surface area contributed by atoms with Gasteiger partial charge in [0.2, 0.25) is 0 Å². The molecule has 0 saturated heterocycles. The number of para-hydroxylation sites is 1. The van der Waals surface area contributed by atoms with Crippen LogP contribution in [0.5, 0.6) is 0 Å². The van der Waals surface area contributed by atoms with E-state index in [2.05, 4.69) is 5.10 Å². The van der Waals surface area contributed by atoms with Gasteiger partial charge in [-0.2, -0.15) is 10.3 Å². The van der Waals surface area contributed by atoms with Crippen molar-refractivity contribution in [1.82, 2.24) is 9.78 Å². The van der Waals surface area contributed by atoms with Crippen LogP contribution in [0.25, 0.3) is 16.8 Å². The second-order valence-corrected chi connectivity index (χ2v) is 4.88. The first-order chi connectivity index (χ1) is 11.1. The molecule has 1 atom stereocenters. The average Bonchev–Trinajstić information content (AvgIpc) is 3.04. The first-order valence-corrected chi connectivity index (χ1v) is 6.77. The van der Waals surface area contributed by atoms with Crippen LogP contribution in [0.3, 0.4) is 0 Å². The van der Waals surface area contributed by atoms with Crippen molar-refractivity contribution in [2.45, 2.75) is 0 Å². The van der Waals surface area contributed by atoms with E-state index >= 15 is 0 Å². The van der Waals surface area contributed by atoms with Gasteiger partial charge in [0, 0.05) is 23.4 Å². The molecule has 7 heteroatoms. The fourth-order valence-corrected chi connectivity index (χ4v) is 2.28. The lowest BCUT2D eigenvalue weighted by atomic mass is 10.1. The molecule has 7 nitrogen and oxygen atoms in total. The lowest BCUT2D eigenvalue weighted by Crippen LogP contribution is -2.99. The quantitative estimate of drug-likeness (QED) is 0.636. The third-order valence-electron chi connectivity index (χ3n) is 3.43. The van der Waals surface area contributed by atoms with Gasteiger partial charge in [-0.3, -0.25) is 0 Å². The van der Waals surface area contributed by atoms with E-state index in [0.717, 1.165) is 0 Å². The second-order valence-electron chi connectivity index (χ2n) is 4.88. The number of nitrogens with one attached hydrogen (secondary N) is 1. The Hall–Kier alpha value is -3.00. The molecule has 3 aromatic rings. The monoisotopic (exact) mass is 311 g/mol. The third-order valence-corrected chi connectivity index (χ3v) is 3.43. The van der Waals surface area contributed by atoms with Gasteiger partial charge >= 0.3 is 5.97 Å². The van der Waals surface area contributed by atoms with Crippen LogP contribution in [-0.2, 0) is 0 Å². The number of benzene rings is 2. The summed E-state index contributed by atoms with van der Waals surface area (Å²) < 4.78 is 1.57. The average molecular weight is 311 g/mol. The summed E-state index contributed by atoms with van der Waals surface area (Å²) >= 11 is 0. The first kappa shape index (κ1) is 14.9. The van der Waals surface area contributed by atoms with Gasteiger partial charge in [0.25, 0.3) is 0 Å². The maximum atomic E-state index is 11.3. The van der Waals surface area contributed by atoms with Crippen LogP contribution in [0.2, 0.25) is 0 Å². The van der Waals surface area contributed by atoms with Crippen LogP contribution >= 0.6 is 0 Å². The molecule has 23 heavy (non-hydrogen) atoms. The van der Waals surface area contributed by atoms with Crippen molar-refractivity contribution in [3.63, 3.8) is 0 Å². The highest BCUT2D eigenvalue weighted by Gasteiger charge is 2.12. The number of nitrogens with zero attached hydrogens (tertiary/aromatic N) is 2. The van der Waals surface area contributed by atoms with Gasteiger partial charge in [-0.05, 0) is 30.3 Å². The Morgan fingerprint density at radius 3 is 2.48 bits per heavy atom. The molecule has 2 aromatic carbocycles. The summed E-state index contributed by atoms with van der Waals surface area (Å²) in [6.07, 6.45) is 3.28. The topological polar surface area (TPSA) is 103 Å². The fraction of sp³-hybridized carbons (Fsp3) is 0. The first-order valence-electron chi connectivity index (χ1n) is 6.77. The van der Waals surface area contributed by atoms with Gasteiger partial charge in [0.1, 0.15) is 0 Å². The molecular formula is C16H13N3O4. The molecule has 116 valence electrons. The van der Waals surface area contributed by atoms with Crippen molar-refractivity contribution < 1.29 is 20.3 Å². The van der Waals surface area contributed by atoms with Crippen molar-refractivity contribution in [3.8, 4) is 16.8 Å². The fourth-order valence-electron chi connectivity index (χ4n) is 2.28. The number of hydrogen-bond acceptors (Lipinski definition) is 4. The number of aromatic carboxylic acids is 1. The minimum absolute atomic E-state index is 0.192. The van der Waals surface area contributed by atoms with E-state index < -0.39 is 11.2 Å². The van der Waals surface area contributed by atoms with Crippen LogP contribution in [0.4, 0.5) is 5.69 Å². The van der Waals surface area contributed by atoms with Crippen LogP contribution in [0.1, 0.15) is 10.4 Å². The highest BCUT2D eigenvalue weighted by atomic mass is 16.8. The van der Waals surface area contributed by atoms with Crippen LogP contribution < -0.4 is 5.23 Å². The molecule has 0 aliphatic carbocycles. The van der Waals surface area contributed by atoms with Crippen molar-refractivity contribution >= 4 is 11.7 Å². The third kappa shape index (κ3) is 2.97. The van der Waals surface area contributed by atoms with E-state index in [-0.39, 0.29) is 11.3 Å². The van der Waals surface area contributed by atoms with E-state index in [0.29, 0.717) is 16.8 Å². The zero-order valence-electron chi connectivity index (χ0n) is 11.9. The molecule has 0 saturated carbocycles. The molecular weight excluding hydrogens is 298 g/mol. The lowest BCUT2D eigenvalue weighted by Gasteiger charge is -2.14. The largest absolute Gasteiger partial charge is 0.595 e. The number of quaternary nitrogens is 1. The molecule has 0 fully saturated rings. The summed E-state index contributed by atoms with van der Waals surface area (Å²) in [6, 6.07) is 13.0. The number of carboxylic acids is 1. The zero-order valence-corrected chi connectivity index (χ0v) is 11.9. The molecule has 0 radical (unpaired) electrons. The lowest BCUT2D eigenvalue weighted by molar-refractivity contribution is -0.991. The van der Waals surface area contributed by atoms with E-state index in [1.165, 1.54) is 18.2 Å². The SMILES string of the molecule is O=C(O)c1ccc(-n2cc(-c3ccccc3[NH+]([O-])O)cn2)cc1. The van der Waals surface area contributed by atoms with Gasteiger partial charge in [-0.1, -0.05) is 12.1 Å². The van der Waals surface area contributed by atoms with Crippen molar-refractivity contribution in [2.24, 2.45) is 0 Å². The predicted molar refractivity (Wildman–Crippen MR) is 81.7 cm³/mol. The minimum atomic E-state index is -1.00. The summed E-state index contributed by atoms with van der Waals surface area (Å²) in [5.74, 6) is -0.993. The van der Waals surface area contributed by atoms with Gasteiger partial charge in [0.15, 0.2) is 5.69 Å². The molecule has 1 heterocycles. The molecule has 0 aliphatic rings. The van der Waals surface area contributed by atoms with Gasteiger partial charge < -0.3 is 10.3 Å². The number of rotatable bonds is 4. The molecule has 0 amide bonds. The van der Waals surface area contributed by atoms with Crippen molar-refractivity contribution in [3.05, 3.63) is 71.7 Å². The molecule has 0 aliphatic heterocycles. The summed E-state index contributed by atoms with van der Waals surface area (Å²) in [5.41, 5.74) is 2.33. The van der Waals surface area contributed by atoms with E-state index in [1.54, 1.807) is 47.4 Å². The van der Waals surface area contributed by atoms with Crippen LogP contribution in [-0.4, -0.2) is 26.1 Å². The molecule has 1 unspecified atom stereocenters. The minimum Gasteiger partial charge on any atom is -0.595 e. The number of carbonyl (C=O) groups is 1. The Kier molecular flexibility index (Phi) is 3.90. The molecule has 1 aromatic heterocycles. The van der Waals surface area contributed by atoms with E-state index in [9.17, 15) is 15.2 Å². The van der Waals surface area contributed by atoms with E-state index in [4.69, 9.17) is 5.11 Å². The van der Waals surface area contributed by atoms with Crippen molar-refractivity contribution in [1.29, 1.82) is 0 Å². The zero-order chi connectivity index (χ0) is 16.4. The highest BCUT2D eigenvalue weighted by molar-refractivity contribution is 5.87. The molecule has 0 bridgehead atoms. The highest BCUT2D eigenvalue weighted by Crippen LogP contribution is 2.25. The number of aromatic nitrogens is 2. The van der Waals surface area contributed by atoms with Gasteiger partial charge in [0.05, 0.1) is 17.4 Å². The molecule has 0 spiro atoms. The second kappa shape index (κ2) is 6.01. The van der Waals surface area contributed by atoms with Crippen LogP contribution in [0.15, 0.2) is 60.9 Å². The molecule has 3 rings (SSSR count). The van der Waals surface area contributed by atoms with Gasteiger partial charge in [-0.15, -0.1) is 0 Å². The van der Waals surface area contributed by atoms with Crippen molar-refractivity contribution in [2.75, 3.05) is 0 Å². The summed E-state index contributed by atoms with van der Waals surface area (Å²) in [4.78, 5) is 10.9. The van der Waals surface area contributed by atoms with Gasteiger partial charge in [-0.25, -0.2) is 14.7 Å². The maximum Gasteiger partial charge on any atom is 0.335 e. The Morgan fingerprint density at radius 2 is 1.83 bits per heavy atom. The number of carboxylic acid groups (broad SMARTS) is 1. The smallest absolute Gasteiger partial charge is 0.335 e. The predicted octanol–water partition coefficient (Wildman–Crippen LogP) is 1.64. The molecule has 3 N–H and O–H groups in total. The Bertz CT molecular complexity index is 841. The number of hydrogen-bond donors (Lipinski definition) is 3. The van der Waals surface area contributed by atoms with Crippen LogP contribution in [0, 0.1) is 5.21 Å². The summed E-state index contributed by atoms with van der Waals surface area (Å²) in [6.45, 7) is 0. The maximum absolute atomic E-state index is 11.3. The normalized spacial score (nSPS) is 12.1.